The Morgan fingerprint density at radius 1 is 0.480 bits per heavy atom. The van der Waals surface area contributed by atoms with Crippen molar-refractivity contribution in [2.75, 3.05) is 0 Å². The largest absolute Gasteiger partial charge is 0.0616 e. The fourth-order valence-corrected chi connectivity index (χ4v) is 3.97. The number of fused-ring (bicyclic) bond motifs is 3. The summed E-state index contributed by atoms with van der Waals surface area (Å²) in [5, 5.41) is 7.83. The lowest BCUT2D eigenvalue weighted by Gasteiger charge is -2.15. The van der Waals surface area contributed by atoms with E-state index in [2.05, 4.69) is 97.9 Å². The van der Waals surface area contributed by atoms with Crippen LogP contribution in [0.4, 0.5) is 0 Å². The van der Waals surface area contributed by atoms with Crippen LogP contribution in [-0.4, -0.2) is 0 Å². The molecule has 0 atom stereocenters. The zero-order chi connectivity index (χ0) is 16.8. The smallest absolute Gasteiger partial charge is 0.00205 e. The lowest BCUT2D eigenvalue weighted by molar-refractivity contribution is 1.50. The zero-order valence-electron chi connectivity index (χ0n) is 14.2. The Bertz CT molecular complexity index is 1190. The maximum absolute atomic E-state index is 2.33. The van der Waals surface area contributed by atoms with Crippen LogP contribution in [0.3, 0.4) is 0 Å². The van der Waals surface area contributed by atoms with Gasteiger partial charge in [-0.25, -0.2) is 0 Å². The first-order chi connectivity index (χ1) is 12.3. The Hall–Kier alpha value is -3.12. The topological polar surface area (TPSA) is 0 Å². The minimum Gasteiger partial charge on any atom is -0.0616 e. The van der Waals surface area contributed by atoms with Gasteiger partial charge in [-0.15, -0.1) is 0 Å². The second kappa shape index (κ2) is 5.46. The molecule has 0 nitrogen and oxygen atoms in total. The number of hydrogen-bond acceptors (Lipinski definition) is 0. The monoisotopic (exact) mass is 318 g/mol. The van der Waals surface area contributed by atoms with Gasteiger partial charge in [-0.2, -0.15) is 0 Å². The molecule has 0 aliphatic carbocycles. The van der Waals surface area contributed by atoms with Crippen LogP contribution in [0.2, 0.25) is 0 Å². The third-order valence-corrected chi connectivity index (χ3v) is 5.05. The lowest BCUT2D eigenvalue weighted by atomic mass is 9.88. The molecule has 5 aromatic rings. The van der Waals surface area contributed by atoms with Gasteiger partial charge >= 0.3 is 0 Å². The molecule has 0 saturated carbocycles. The van der Waals surface area contributed by atoms with Crippen LogP contribution in [-0.2, 0) is 0 Å². The Balaban J connectivity index is 2.05. The first kappa shape index (κ1) is 14.2. The van der Waals surface area contributed by atoms with Crippen LogP contribution in [0.15, 0.2) is 91.0 Å². The van der Waals surface area contributed by atoms with E-state index in [1.54, 1.807) is 0 Å². The molecular formula is C25H18. The highest BCUT2D eigenvalue weighted by molar-refractivity contribution is 6.16. The van der Waals surface area contributed by atoms with E-state index >= 15 is 0 Å². The molecule has 0 aromatic heterocycles. The minimum absolute atomic E-state index is 1.29. The zero-order valence-corrected chi connectivity index (χ0v) is 14.2. The predicted octanol–water partition coefficient (Wildman–Crippen LogP) is 7.12. The van der Waals surface area contributed by atoms with Gasteiger partial charge in [0.2, 0.25) is 0 Å². The molecule has 0 amide bonds. The lowest BCUT2D eigenvalue weighted by Crippen LogP contribution is -1.88. The number of aryl methyl sites for hydroxylation is 1. The first-order valence-electron chi connectivity index (χ1n) is 8.71. The van der Waals surface area contributed by atoms with Gasteiger partial charge in [0.1, 0.15) is 0 Å². The molecule has 0 radical (unpaired) electrons. The number of rotatable bonds is 1. The van der Waals surface area contributed by atoms with Crippen molar-refractivity contribution in [2.45, 2.75) is 6.92 Å². The van der Waals surface area contributed by atoms with Gasteiger partial charge in [0.15, 0.2) is 0 Å². The number of hydrogen-bond donors (Lipinski definition) is 0. The van der Waals surface area contributed by atoms with Crippen LogP contribution >= 0.6 is 0 Å². The second-order valence-corrected chi connectivity index (χ2v) is 6.73. The van der Waals surface area contributed by atoms with Crippen LogP contribution in [0, 0.1) is 6.92 Å². The van der Waals surface area contributed by atoms with Crippen LogP contribution in [0.25, 0.3) is 43.4 Å². The van der Waals surface area contributed by atoms with E-state index in [-0.39, 0.29) is 0 Å². The van der Waals surface area contributed by atoms with Gasteiger partial charge in [0.25, 0.3) is 0 Å². The normalized spacial score (nSPS) is 11.4. The quantitative estimate of drug-likeness (QED) is 0.289. The van der Waals surface area contributed by atoms with Crippen molar-refractivity contribution >= 4 is 32.3 Å². The average molecular weight is 318 g/mol. The molecule has 0 spiro atoms. The SMILES string of the molecule is Cc1cc(-c2c3ccccc3cc3ccccc23)c2ccccc2c1. The fourth-order valence-electron chi connectivity index (χ4n) is 3.97. The van der Waals surface area contributed by atoms with E-state index in [1.165, 1.54) is 49.0 Å². The summed E-state index contributed by atoms with van der Waals surface area (Å²) < 4.78 is 0. The highest BCUT2D eigenvalue weighted by Gasteiger charge is 2.12. The molecule has 5 rings (SSSR count). The molecule has 0 unspecified atom stereocenters. The summed E-state index contributed by atoms with van der Waals surface area (Å²) in [6.07, 6.45) is 0. The summed E-state index contributed by atoms with van der Waals surface area (Å²) in [6.45, 7) is 2.18. The minimum atomic E-state index is 1.29. The number of benzene rings is 5. The molecule has 0 aliphatic heterocycles. The average Bonchev–Trinajstić information content (AvgIpc) is 2.65. The van der Waals surface area contributed by atoms with Crippen LogP contribution in [0.1, 0.15) is 5.56 Å². The standard InChI is InChI=1S/C25H18/c1-17-14-18-8-2-5-11-21(18)24(15-17)25-22-12-6-3-9-19(22)16-20-10-4-7-13-23(20)25/h2-16H,1H3. The summed E-state index contributed by atoms with van der Waals surface area (Å²) in [5.74, 6) is 0. The molecule has 0 aliphatic rings. The molecule has 0 heterocycles. The highest BCUT2D eigenvalue weighted by atomic mass is 14.2. The maximum atomic E-state index is 2.33. The van der Waals surface area contributed by atoms with Gasteiger partial charge in [-0.3, -0.25) is 0 Å². The summed E-state index contributed by atoms with van der Waals surface area (Å²) in [5.41, 5.74) is 3.96. The van der Waals surface area contributed by atoms with E-state index in [0.29, 0.717) is 0 Å². The fraction of sp³-hybridized carbons (Fsp3) is 0.0400. The summed E-state index contributed by atoms with van der Waals surface area (Å²) in [4.78, 5) is 0. The van der Waals surface area contributed by atoms with E-state index in [1.807, 2.05) is 0 Å². The van der Waals surface area contributed by atoms with Crippen molar-refractivity contribution in [3.05, 3.63) is 96.6 Å². The van der Waals surface area contributed by atoms with Gasteiger partial charge < -0.3 is 0 Å². The highest BCUT2D eigenvalue weighted by Crippen LogP contribution is 2.40. The van der Waals surface area contributed by atoms with E-state index in [4.69, 9.17) is 0 Å². The van der Waals surface area contributed by atoms with E-state index in [0.717, 1.165) is 0 Å². The Morgan fingerprint density at radius 3 is 1.56 bits per heavy atom. The molecule has 25 heavy (non-hydrogen) atoms. The molecule has 0 N–H and O–H groups in total. The third kappa shape index (κ3) is 2.22. The predicted molar refractivity (Wildman–Crippen MR) is 109 cm³/mol. The van der Waals surface area contributed by atoms with Crippen molar-refractivity contribution < 1.29 is 0 Å². The molecular weight excluding hydrogens is 300 g/mol. The Labute approximate surface area is 147 Å². The molecule has 5 aromatic carbocycles. The van der Waals surface area contributed by atoms with E-state index in [9.17, 15) is 0 Å². The maximum Gasteiger partial charge on any atom is -0.00205 e. The van der Waals surface area contributed by atoms with Crippen LogP contribution in [0.5, 0.6) is 0 Å². The third-order valence-electron chi connectivity index (χ3n) is 5.05. The first-order valence-corrected chi connectivity index (χ1v) is 8.71. The Kier molecular flexibility index (Phi) is 3.11. The van der Waals surface area contributed by atoms with Gasteiger partial charge in [-0.1, -0.05) is 84.9 Å². The van der Waals surface area contributed by atoms with Crippen LogP contribution < -0.4 is 0 Å². The molecule has 118 valence electrons. The molecule has 0 fully saturated rings. The summed E-state index contributed by atoms with van der Waals surface area (Å²) >= 11 is 0. The van der Waals surface area contributed by atoms with Crippen molar-refractivity contribution in [1.29, 1.82) is 0 Å². The summed E-state index contributed by atoms with van der Waals surface area (Å²) in [7, 11) is 0. The van der Waals surface area contributed by atoms with Crippen molar-refractivity contribution in [3.8, 4) is 11.1 Å². The van der Waals surface area contributed by atoms with Crippen molar-refractivity contribution in [1.82, 2.24) is 0 Å². The van der Waals surface area contributed by atoms with Gasteiger partial charge in [-0.05, 0) is 62.0 Å². The van der Waals surface area contributed by atoms with E-state index < -0.39 is 0 Å². The van der Waals surface area contributed by atoms with Gasteiger partial charge in [0, 0.05) is 0 Å². The van der Waals surface area contributed by atoms with Gasteiger partial charge in [0.05, 0.1) is 0 Å². The molecule has 0 heteroatoms. The molecule has 0 bridgehead atoms. The second-order valence-electron chi connectivity index (χ2n) is 6.73. The van der Waals surface area contributed by atoms with Crippen molar-refractivity contribution in [3.63, 3.8) is 0 Å². The molecule has 0 saturated heterocycles. The summed E-state index contributed by atoms with van der Waals surface area (Å²) in [6, 6.07) is 33.0. The van der Waals surface area contributed by atoms with Crippen molar-refractivity contribution in [2.24, 2.45) is 0 Å². The Morgan fingerprint density at radius 2 is 0.960 bits per heavy atom.